The van der Waals surface area contributed by atoms with E-state index in [1.54, 1.807) is 0 Å². The summed E-state index contributed by atoms with van der Waals surface area (Å²) in [4.78, 5) is 23.6. The Morgan fingerprint density at radius 1 is 1.33 bits per heavy atom. The van der Waals surface area contributed by atoms with Crippen LogP contribution in [0.2, 0.25) is 0 Å². The molecule has 0 bridgehead atoms. The number of rotatable bonds is 6. The van der Waals surface area contributed by atoms with Gasteiger partial charge in [-0.2, -0.15) is 13.2 Å². The van der Waals surface area contributed by atoms with Gasteiger partial charge in [0, 0.05) is 6.42 Å². The minimum absolute atomic E-state index is 0.0259. The first-order valence-corrected chi connectivity index (χ1v) is 7.42. The molecule has 0 aromatic heterocycles. The zero-order valence-corrected chi connectivity index (χ0v) is 14.1. The van der Waals surface area contributed by atoms with Crippen LogP contribution in [0, 0.1) is 0 Å². The number of methoxy groups -OCH3 is 1. The van der Waals surface area contributed by atoms with E-state index in [0.717, 1.165) is 31.4 Å². The molecule has 0 fully saturated rings. The second-order valence-corrected chi connectivity index (χ2v) is 5.95. The molecule has 0 unspecified atom stereocenters. The normalized spacial score (nSPS) is 13.8. The molecule has 5 nitrogen and oxygen atoms in total. The smallest absolute Gasteiger partial charge is 0.416 e. The number of esters is 1. The second kappa shape index (κ2) is 8.29. The highest BCUT2D eigenvalue weighted by atomic mass is 79.9. The SMILES string of the molecule is C=C(Br)C[C@@H](NC(=O)[C@@H](O)c1ccc(C(F)(F)F)cc1)C(=O)OC. The molecule has 0 spiro atoms. The number of aliphatic hydroxyl groups is 1. The average molecular weight is 410 g/mol. The van der Waals surface area contributed by atoms with E-state index in [9.17, 15) is 27.9 Å². The Morgan fingerprint density at radius 3 is 2.29 bits per heavy atom. The lowest BCUT2D eigenvalue weighted by Gasteiger charge is -2.19. The Balaban J connectivity index is 2.85. The van der Waals surface area contributed by atoms with Gasteiger partial charge in [0.2, 0.25) is 0 Å². The van der Waals surface area contributed by atoms with E-state index in [0.29, 0.717) is 4.48 Å². The van der Waals surface area contributed by atoms with Crippen molar-refractivity contribution in [3.63, 3.8) is 0 Å². The molecule has 9 heteroatoms. The lowest BCUT2D eigenvalue weighted by molar-refractivity contribution is -0.146. The topological polar surface area (TPSA) is 75.6 Å². The summed E-state index contributed by atoms with van der Waals surface area (Å²) in [7, 11) is 1.13. The maximum absolute atomic E-state index is 12.5. The molecule has 2 N–H and O–H groups in total. The van der Waals surface area contributed by atoms with Crippen molar-refractivity contribution in [1.29, 1.82) is 0 Å². The molecule has 1 aromatic carbocycles. The molecule has 0 aliphatic heterocycles. The first-order chi connectivity index (χ1) is 11.1. The van der Waals surface area contributed by atoms with Gasteiger partial charge >= 0.3 is 12.1 Å². The van der Waals surface area contributed by atoms with Gasteiger partial charge in [-0.1, -0.05) is 34.6 Å². The van der Waals surface area contributed by atoms with Gasteiger partial charge in [0.25, 0.3) is 5.91 Å². The summed E-state index contributed by atoms with van der Waals surface area (Å²) in [6, 6.07) is 2.40. The largest absolute Gasteiger partial charge is 0.467 e. The number of alkyl halides is 3. The van der Waals surface area contributed by atoms with Gasteiger partial charge in [-0.15, -0.1) is 0 Å². The summed E-state index contributed by atoms with van der Waals surface area (Å²) in [5.74, 6) is -1.69. The molecular weight excluding hydrogens is 395 g/mol. The number of carbonyl (C=O) groups is 2. The highest BCUT2D eigenvalue weighted by molar-refractivity contribution is 9.11. The molecule has 1 aromatic rings. The van der Waals surface area contributed by atoms with Crippen molar-refractivity contribution in [3.05, 3.63) is 46.5 Å². The maximum Gasteiger partial charge on any atom is 0.416 e. The van der Waals surface area contributed by atoms with Gasteiger partial charge < -0.3 is 15.2 Å². The third-order valence-electron chi connectivity index (χ3n) is 3.03. The van der Waals surface area contributed by atoms with E-state index in [4.69, 9.17) is 0 Å². The second-order valence-electron chi connectivity index (χ2n) is 4.83. The molecular formula is C15H15BrF3NO4. The van der Waals surface area contributed by atoms with E-state index < -0.39 is 35.8 Å². The lowest BCUT2D eigenvalue weighted by atomic mass is 10.1. The van der Waals surface area contributed by atoms with Crippen molar-refractivity contribution in [3.8, 4) is 0 Å². The third-order valence-corrected chi connectivity index (χ3v) is 3.35. The lowest BCUT2D eigenvalue weighted by Crippen LogP contribution is -2.43. The van der Waals surface area contributed by atoms with Crippen LogP contribution in [-0.2, 0) is 20.5 Å². The van der Waals surface area contributed by atoms with Crippen LogP contribution in [0.5, 0.6) is 0 Å². The van der Waals surface area contributed by atoms with E-state index in [1.807, 2.05) is 0 Å². The van der Waals surface area contributed by atoms with Gasteiger partial charge in [0.1, 0.15) is 6.04 Å². The van der Waals surface area contributed by atoms with Crippen LogP contribution >= 0.6 is 15.9 Å². The van der Waals surface area contributed by atoms with Crippen molar-refractivity contribution in [2.75, 3.05) is 7.11 Å². The van der Waals surface area contributed by atoms with Crippen LogP contribution in [0.4, 0.5) is 13.2 Å². The maximum atomic E-state index is 12.5. The Morgan fingerprint density at radius 2 is 1.88 bits per heavy atom. The predicted octanol–water partition coefficient (Wildman–Crippen LogP) is 2.70. The fourth-order valence-electron chi connectivity index (χ4n) is 1.81. The first-order valence-electron chi connectivity index (χ1n) is 6.63. The average Bonchev–Trinajstić information content (AvgIpc) is 2.51. The predicted molar refractivity (Wildman–Crippen MR) is 83.0 cm³/mol. The third kappa shape index (κ3) is 5.64. The van der Waals surface area contributed by atoms with Crippen LogP contribution in [0.3, 0.4) is 0 Å². The Kier molecular flexibility index (Phi) is 6.97. The number of aliphatic hydroxyl groups excluding tert-OH is 1. The molecule has 0 aliphatic rings. The van der Waals surface area contributed by atoms with Gasteiger partial charge in [-0.25, -0.2) is 4.79 Å². The van der Waals surface area contributed by atoms with Crippen molar-refractivity contribution in [1.82, 2.24) is 5.32 Å². The fraction of sp³-hybridized carbons (Fsp3) is 0.333. The van der Waals surface area contributed by atoms with Crippen molar-refractivity contribution >= 4 is 27.8 Å². The number of amides is 1. The van der Waals surface area contributed by atoms with Crippen LogP contribution in [0.1, 0.15) is 23.7 Å². The number of nitrogens with one attached hydrogen (secondary N) is 1. The standard InChI is InChI=1S/C15H15BrF3NO4/c1-8(16)7-11(14(23)24-2)20-13(22)12(21)9-3-5-10(6-4-9)15(17,18)19/h3-6,11-12,21H,1,7H2,2H3,(H,20,22)/t11-,12+/m1/s1. The Bertz CT molecular complexity index is 616. The zero-order valence-electron chi connectivity index (χ0n) is 12.6. The molecule has 1 amide bonds. The summed E-state index contributed by atoms with van der Waals surface area (Å²) in [6.07, 6.45) is -6.22. The number of halogens is 4. The van der Waals surface area contributed by atoms with Crippen molar-refractivity contribution < 1.29 is 32.6 Å². The number of hydrogen-bond acceptors (Lipinski definition) is 4. The summed E-state index contributed by atoms with van der Waals surface area (Å²) >= 11 is 3.05. The number of carbonyl (C=O) groups excluding carboxylic acids is 2. The van der Waals surface area contributed by atoms with Crippen LogP contribution in [0.15, 0.2) is 35.3 Å². The highest BCUT2D eigenvalue weighted by Gasteiger charge is 2.31. The Hall–Kier alpha value is -1.87. The van der Waals surface area contributed by atoms with E-state index >= 15 is 0 Å². The quantitative estimate of drug-likeness (QED) is 0.708. The highest BCUT2D eigenvalue weighted by Crippen LogP contribution is 2.30. The minimum atomic E-state index is -4.52. The van der Waals surface area contributed by atoms with Crippen molar-refractivity contribution in [2.45, 2.75) is 24.7 Å². The van der Waals surface area contributed by atoms with E-state index in [2.05, 4.69) is 32.6 Å². The van der Waals surface area contributed by atoms with E-state index in [-0.39, 0.29) is 12.0 Å². The molecule has 24 heavy (non-hydrogen) atoms. The fourth-order valence-corrected chi connectivity index (χ4v) is 2.14. The van der Waals surface area contributed by atoms with Crippen LogP contribution in [0.25, 0.3) is 0 Å². The molecule has 1 rings (SSSR count). The van der Waals surface area contributed by atoms with Gasteiger partial charge in [0.05, 0.1) is 12.7 Å². The molecule has 0 heterocycles. The molecule has 0 saturated carbocycles. The molecule has 2 atom stereocenters. The van der Waals surface area contributed by atoms with Gasteiger partial charge in [-0.3, -0.25) is 4.79 Å². The molecule has 132 valence electrons. The zero-order chi connectivity index (χ0) is 18.5. The van der Waals surface area contributed by atoms with Crippen LogP contribution in [-0.4, -0.2) is 30.1 Å². The molecule has 0 radical (unpaired) electrons. The van der Waals surface area contributed by atoms with Gasteiger partial charge in [0.15, 0.2) is 6.10 Å². The first kappa shape index (κ1) is 20.2. The molecule has 0 aliphatic carbocycles. The number of benzene rings is 1. The number of hydrogen-bond donors (Lipinski definition) is 2. The van der Waals surface area contributed by atoms with Crippen molar-refractivity contribution in [2.24, 2.45) is 0 Å². The Labute approximate surface area is 144 Å². The summed E-state index contributed by atoms with van der Waals surface area (Å²) < 4.78 is 42.4. The van der Waals surface area contributed by atoms with Gasteiger partial charge in [-0.05, 0) is 22.2 Å². The summed E-state index contributed by atoms with van der Waals surface area (Å²) in [5.41, 5.74) is -0.941. The van der Waals surface area contributed by atoms with E-state index in [1.165, 1.54) is 0 Å². The molecule has 0 saturated heterocycles. The summed E-state index contributed by atoms with van der Waals surface area (Å²) in [5, 5.41) is 12.2. The summed E-state index contributed by atoms with van der Waals surface area (Å²) in [6.45, 7) is 3.54. The monoisotopic (exact) mass is 409 g/mol. The minimum Gasteiger partial charge on any atom is -0.467 e. The van der Waals surface area contributed by atoms with Crippen LogP contribution < -0.4 is 5.32 Å². The number of ether oxygens (including phenoxy) is 1.